The molecule has 114 valence electrons. The van der Waals surface area contributed by atoms with Gasteiger partial charge in [-0.2, -0.15) is 0 Å². The van der Waals surface area contributed by atoms with Crippen molar-refractivity contribution in [1.29, 1.82) is 0 Å². The Morgan fingerprint density at radius 1 is 1.24 bits per heavy atom. The Morgan fingerprint density at radius 2 is 1.95 bits per heavy atom. The van der Waals surface area contributed by atoms with Gasteiger partial charge in [0, 0.05) is 38.4 Å². The smallest absolute Gasteiger partial charge is 0.317 e. The highest BCUT2D eigenvalue weighted by Crippen LogP contribution is 2.17. The Hall–Kier alpha value is -2.24. The molecule has 2 N–H and O–H groups in total. The van der Waals surface area contributed by atoms with Crippen LogP contribution in [-0.2, 0) is 4.79 Å². The van der Waals surface area contributed by atoms with Gasteiger partial charge in [0.15, 0.2) is 0 Å². The highest BCUT2D eigenvalue weighted by molar-refractivity contribution is 5.75. The third-order valence-electron chi connectivity index (χ3n) is 3.55. The molecule has 6 heteroatoms. The van der Waals surface area contributed by atoms with Crippen LogP contribution >= 0.6 is 0 Å². The molecule has 0 atom stereocenters. The molecule has 0 spiro atoms. The highest BCUT2D eigenvalue weighted by Gasteiger charge is 2.21. The monoisotopic (exact) mass is 291 g/mol. The number of benzene rings is 1. The summed E-state index contributed by atoms with van der Waals surface area (Å²) in [4.78, 5) is 26.3. The minimum Gasteiger partial charge on any atom is -0.481 e. The van der Waals surface area contributed by atoms with E-state index in [4.69, 9.17) is 5.11 Å². The summed E-state index contributed by atoms with van der Waals surface area (Å²) in [7, 11) is 0. The van der Waals surface area contributed by atoms with E-state index in [2.05, 4.69) is 35.3 Å². The second-order valence-corrected chi connectivity index (χ2v) is 5.19. The second kappa shape index (κ2) is 6.97. The molecule has 2 amide bonds. The van der Waals surface area contributed by atoms with Crippen LogP contribution < -0.4 is 10.2 Å². The lowest BCUT2D eigenvalue weighted by Gasteiger charge is -2.36. The van der Waals surface area contributed by atoms with Crippen LogP contribution in [-0.4, -0.2) is 54.7 Å². The molecule has 2 rings (SSSR count). The van der Waals surface area contributed by atoms with Crippen LogP contribution in [0.1, 0.15) is 12.0 Å². The van der Waals surface area contributed by atoms with Crippen LogP contribution in [0.4, 0.5) is 10.5 Å². The topological polar surface area (TPSA) is 72.9 Å². The number of carboxylic acid groups (broad SMARTS) is 1. The van der Waals surface area contributed by atoms with Gasteiger partial charge in [-0.3, -0.25) is 4.79 Å². The first-order chi connectivity index (χ1) is 10.1. The number of nitrogens with one attached hydrogen (secondary N) is 1. The maximum absolute atomic E-state index is 11.9. The van der Waals surface area contributed by atoms with Gasteiger partial charge in [-0.05, 0) is 24.6 Å². The van der Waals surface area contributed by atoms with E-state index in [9.17, 15) is 9.59 Å². The molecule has 1 aliphatic rings. The van der Waals surface area contributed by atoms with E-state index >= 15 is 0 Å². The summed E-state index contributed by atoms with van der Waals surface area (Å²) < 4.78 is 0. The summed E-state index contributed by atoms with van der Waals surface area (Å²) in [5.74, 6) is -0.903. The van der Waals surface area contributed by atoms with Gasteiger partial charge in [0.05, 0.1) is 6.42 Å². The molecule has 0 radical (unpaired) electrons. The maximum Gasteiger partial charge on any atom is 0.317 e. The zero-order valence-corrected chi connectivity index (χ0v) is 12.2. The van der Waals surface area contributed by atoms with Gasteiger partial charge in [0.1, 0.15) is 0 Å². The molecular weight excluding hydrogens is 270 g/mol. The Bertz CT molecular complexity index is 511. The average molecular weight is 291 g/mol. The van der Waals surface area contributed by atoms with Crippen molar-refractivity contribution in [1.82, 2.24) is 10.2 Å². The van der Waals surface area contributed by atoms with E-state index in [1.54, 1.807) is 4.90 Å². The standard InChI is InChI=1S/C15H21N3O3/c1-12-3-2-4-13(11-12)17-7-9-18(10-8-17)15(21)16-6-5-14(19)20/h2-4,11H,5-10H2,1H3,(H,16,21)(H,19,20). The van der Waals surface area contributed by atoms with Crippen LogP contribution in [0, 0.1) is 6.92 Å². The summed E-state index contributed by atoms with van der Waals surface area (Å²) in [5.41, 5.74) is 2.40. The van der Waals surface area contributed by atoms with E-state index in [0.29, 0.717) is 13.1 Å². The molecule has 21 heavy (non-hydrogen) atoms. The fourth-order valence-electron chi connectivity index (χ4n) is 2.38. The quantitative estimate of drug-likeness (QED) is 0.877. The number of carboxylic acids is 1. The lowest BCUT2D eigenvalue weighted by Crippen LogP contribution is -2.52. The van der Waals surface area contributed by atoms with E-state index in [0.717, 1.165) is 13.1 Å². The van der Waals surface area contributed by atoms with Crippen molar-refractivity contribution in [2.75, 3.05) is 37.6 Å². The number of piperazine rings is 1. The van der Waals surface area contributed by atoms with Crippen LogP contribution in [0.2, 0.25) is 0 Å². The fourth-order valence-corrected chi connectivity index (χ4v) is 2.38. The van der Waals surface area contributed by atoms with Crippen molar-refractivity contribution < 1.29 is 14.7 Å². The van der Waals surface area contributed by atoms with Crippen molar-refractivity contribution in [3.05, 3.63) is 29.8 Å². The predicted molar refractivity (Wildman–Crippen MR) is 80.6 cm³/mol. The Labute approximate surface area is 124 Å². The number of carbonyl (C=O) groups is 2. The molecule has 1 aliphatic heterocycles. The lowest BCUT2D eigenvalue weighted by molar-refractivity contribution is -0.136. The first kappa shape index (κ1) is 15.2. The lowest BCUT2D eigenvalue weighted by atomic mass is 10.2. The van der Waals surface area contributed by atoms with Crippen molar-refractivity contribution in [3.8, 4) is 0 Å². The van der Waals surface area contributed by atoms with Gasteiger partial charge in [0.2, 0.25) is 0 Å². The Balaban J connectivity index is 1.80. The molecule has 0 aromatic heterocycles. The molecule has 1 aromatic rings. The molecular formula is C15H21N3O3. The third kappa shape index (κ3) is 4.37. The molecule has 6 nitrogen and oxygen atoms in total. The number of nitrogens with zero attached hydrogens (tertiary/aromatic N) is 2. The SMILES string of the molecule is Cc1cccc(N2CCN(C(=O)NCCC(=O)O)CC2)c1. The van der Waals surface area contributed by atoms with E-state index < -0.39 is 5.97 Å². The molecule has 0 bridgehead atoms. The van der Waals surface area contributed by atoms with Crippen molar-refractivity contribution in [2.24, 2.45) is 0 Å². The number of aliphatic carboxylic acids is 1. The molecule has 0 aliphatic carbocycles. The summed E-state index contributed by atoms with van der Waals surface area (Å²) in [6, 6.07) is 8.14. The Kier molecular flexibility index (Phi) is 5.03. The normalized spacial score (nSPS) is 14.9. The molecule has 0 unspecified atom stereocenters. The summed E-state index contributed by atoms with van der Waals surface area (Å²) >= 11 is 0. The average Bonchev–Trinajstić information content (AvgIpc) is 2.47. The van der Waals surface area contributed by atoms with Gasteiger partial charge in [0.25, 0.3) is 0 Å². The number of aryl methyl sites for hydroxylation is 1. The number of rotatable bonds is 4. The zero-order chi connectivity index (χ0) is 15.2. The van der Waals surface area contributed by atoms with Crippen molar-refractivity contribution in [2.45, 2.75) is 13.3 Å². The minimum absolute atomic E-state index is 0.0466. The fraction of sp³-hybridized carbons (Fsp3) is 0.467. The van der Waals surface area contributed by atoms with Gasteiger partial charge in [-0.15, -0.1) is 0 Å². The van der Waals surface area contributed by atoms with E-state index in [1.165, 1.54) is 11.3 Å². The summed E-state index contributed by atoms with van der Waals surface area (Å²) in [6.45, 7) is 5.10. The Morgan fingerprint density at radius 3 is 2.57 bits per heavy atom. The number of hydrogen-bond donors (Lipinski definition) is 2. The number of urea groups is 1. The van der Waals surface area contributed by atoms with Crippen molar-refractivity contribution in [3.63, 3.8) is 0 Å². The predicted octanol–water partition coefficient (Wildman–Crippen LogP) is 1.30. The third-order valence-corrected chi connectivity index (χ3v) is 3.55. The van der Waals surface area contributed by atoms with Gasteiger partial charge in [-0.1, -0.05) is 12.1 Å². The summed E-state index contributed by atoms with van der Waals surface area (Å²) in [5, 5.41) is 11.2. The number of amides is 2. The summed E-state index contributed by atoms with van der Waals surface area (Å²) in [6.07, 6.45) is -0.0466. The first-order valence-electron chi connectivity index (χ1n) is 7.12. The zero-order valence-electron chi connectivity index (χ0n) is 12.2. The molecule has 0 saturated carbocycles. The van der Waals surface area contributed by atoms with E-state index in [-0.39, 0.29) is 19.0 Å². The molecule has 1 saturated heterocycles. The van der Waals surface area contributed by atoms with Gasteiger partial charge in [-0.25, -0.2) is 4.79 Å². The molecule has 1 aromatic carbocycles. The number of anilines is 1. The van der Waals surface area contributed by atoms with Gasteiger partial charge >= 0.3 is 12.0 Å². The van der Waals surface area contributed by atoms with Crippen LogP contribution in [0.5, 0.6) is 0 Å². The highest BCUT2D eigenvalue weighted by atomic mass is 16.4. The number of carbonyl (C=O) groups excluding carboxylic acids is 1. The second-order valence-electron chi connectivity index (χ2n) is 5.19. The number of hydrogen-bond acceptors (Lipinski definition) is 3. The largest absolute Gasteiger partial charge is 0.481 e. The van der Waals surface area contributed by atoms with E-state index in [1.807, 2.05) is 6.07 Å². The maximum atomic E-state index is 11.9. The first-order valence-corrected chi connectivity index (χ1v) is 7.12. The van der Waals surface area contributed by atoms with Crippen molar-refractivity contribution >= 4 is 17.7 Å². The van der Waals surface area contributed by atoms with Crippen LogP contribution in [0.25, 0.3) is 0 Å². The van der Waals surface area contributed by atoms with Crippen LogP contribution in [0.15, 0.2) is 24.3 Å². The molecule has 1 fully saturated rings. The minimum atomic E-state index is -0.903. The molecule has 1 heterocycles. The van der Waals surface area contributed by atoms with Gasteiger partial charge < -0.3 is 20.2 Å². The van der Waals surface area contributed by atoms with Crippen LogP contribution in [0.3, 0.4) is 0 Å².